The normalized spacial score (nSPS) is 12.0. The van der Waals surface area contributed by atoms with Crippen molar-refractivity contribution in [1.82, 2.24) is 9.46 Å². The summed E-state index contributed by atoms with van der Waals surface area (Å²) in [5, 5.41) is 6.53. The number of carbonyl (C=O) groups is 1. The number of hydrogen-bond acceptors (Lipinski definition) is 5. The highest BCUT2D eigenvalue weighted by Gasteiger charge is 2.30. The minimum absolute atomic E-state index is 0.00608. The molecule has 0 unspecified atom stereocenters. The van der Waals surface area contributed by atoms with E-state index in [1.165, 1.54) is 14.0 Å². The van der Waals surface area contributed by atoms with Crippen LogP contribution in [0.5, 0.6) is 0 Å². The van der Waals surface area contributed by atoms with Crippen LogP contribution in [0, 0.1) is 20.8 Å². The molecule has 0 spiro atoms. The highest BCUT2D eigenvalue weighted by atomic mass is 32.2. The van der Waals surface area contributed by atoms with Gasteiger partial charge in [-0.3, -0.25) is 4.79 Å². The number of hydrogen-bond donors (Lipinski definition) is 1. The van der Waals surface area contributed by atoms with Crippen LogP contribution in [-0.4, -0.2) is 37.4 Å². The van der Waals surface area contributed by atoms with Gasteiger partial charge in [-0.1, -0.05) is 37.2 Å². The van der Waals surface area contributed by atoms with Gasteiger partial charge < -0.3 is 9.84 Å². The van der Waals surface area contributed by atoms with Crippen molar-refractivity contribution >= 4 is 21.6 Å². The average molecular weight is 379 g/mol. The third-order valence-corrected chi connectivity index (χ3v) is 6.24. The molecule has 0 saturated carbocycles. The standard InChI is InChI=1S/C18H25N3O4S/c1-11(2)15-9-7-8-12(3)17(15)19-16(22)10-21(6)26(23,24)18-13(4)20-25-14(18)5/h7-9,11H,10H2,1-6H3,(H,19,22). The van der Waals surface area contributed by atoms with E-state index in [4.69, 9.17) is 4.52 Å². The Hall–Kier alpha value is -2.19. The summed E-state index contributed by atoms with van der Waals surface area (Å²) in [5.41, 5.74) is 2.95. The van der Waals surface area contributed by atoms with E-state index >= 15 is 0 Å². The van der Waals surface area contributed by atoms with Crippen LogP contribution in [-0.2, 0) is 14.8 Å². The van der Waals surface area contributed by atoms with E-state index in [0.717, 1.165) is 21.1 Å². The number of nitrogens with zero attached hydrogens (tertiary/aromatic N) is 2. The van der Waals surface area contributed by atoms with Crippen LogP contribution in [0.4, 0.5) is 5.69 Å². The molecule has 2 rings (SSSR count). The number of aromatic nitrogens is 1. The Morgan fingerprint density at radius 3 is 2.46 bits per heavy atom. The highest BCUT2D eigenvalue weighted by molar-refractivity contribution is 7.89. The van der Waals surface area contributed by atoms with Gasteiger partial charge in [-0.25, -0.2) is 8.42 Å². The zero-order chi connectivity index (χ0) is 19.6. The Labute approximate surface area is 154 Å². The number of anilines is 1. The molecule has 0 aliphatic rings. The van der Waals surface area contributed by atoms with Gasteiger partial charge in [0.1, 0.15) is 10.6 Å². The van der Waals surface area contributed by atoms with Crippen LogP contribution in [0.2, 0.25) is 0 Å². The predicted molar refractivity (Wildman–Crippen MR) is 99.7 cm³/mol. The van der Waals surface area contributed by atoms with Crippen molar-refractivity contribution in [2.45, 2.75) is 45.4 Å². The van der Waals surface area contributed by atoms with Gasteiger partial charge >= 0.3 is 0 Å². The van der Waals surface area contributed by atoms with E-state index in [0.29, 0.717) is 0 Å². The largest absolute Gasteiger partial charge is 0.360 e. The Kier molecular flexibility index (Phi) is 5.87. The maximum atomic E-state index is 12.7. The van der Waals surface area contributed by atoms with E-state index in [1.807, 2.05) is 39.0 Å². The maximum absolute atomic E-state index is 12.7. The van der Waals surface area contributed by atoms with Gasteiger partial charge in [0.05, 0.1) is 6.54 Å². The van der Waals surface area contributed by atoms with E-state index in [9.17, 15) is 13.2 Å². The zero-order valence-corrected chi connectivity index (χ0v) is 16.8. The molecule has 0 bridgehead atoms. The summed E-state index contributed by atoms with van der Waals surface area (Å²) in [7, 11) is -2.50. The number of carbonyl (C=O) groups excluding carboxylic acids is 1. The number of para-hydroxylation sites is 1. The fourth-order valence-corrected chi connectivity index (χ4v) is 4.22. The Morgan fingerprint density at radius 2 is 1.92 bits per heavy atom. The van der Waals surface area contributed by atoms with E-state index in [-0.39, 0.29) is 28.8 Å². The molecule has 0 aliphatic carbocycles. The third kappa shape index (κ3) is 3.96. The lowest BCUT2D eigenvalue weighted by Gasteiger charge is -2.19. The van der Waals surface area contributed by atoms with Gasteiger partial charge in [-0.05, 0) is 37.8 Å². The molecule has 1 aromatic heterocycles. The van der Waals surface area contributed by atoms with Gasteiger partial charge in [0, 0.05) is 12.7 Å². The number of sulfonamides is 1. The van der Waals surface area contributed by atoms with Crippen molar-refractivity contribution in [3.63, 3.8) is 0 Å². The van der Waals surface area contributed by atoms with Crippen LogP contribution in [0.15, 0.2) is 27.6 Å². The number of rotatable bonds is 6. The second-order valence-electron chi connectivity index (χ2n) is 6.66. The fourth-order valence-electron chi connectivity index (χ4n) is 2.81. The molecule has 2 aromatic rings. The van der Waals surface area contributed by atoms with Crippen molar-refractivity contribution in [2.24, 2.45) is 0 Å². The van der Waals surface area contributed by atoms with Gasteiger partial charge in [0.15, 0.2) is 5.76 Å². The highest BCUT2D eigenvalue weighted by Crippen LogP contribution is 2.27. The van der Waals surface area contributed by atoms with Gasteiger partial charge in [-0.2, -0.15) is 4.31 Å². The maximum Gasteiger partial charge on any atom is 0.248 e. The van der Waals surface area contributed by atoms with Crippen LogP contribution in [0.25, 0.3) is 0 Å². The molecule has 142 valence electrons. The van der Waals surface area contributed by atoms with Crippen LogP contribution in [0.1, 0.15) is 42.3 Å². The molecule has 1 heterocycles. The fraction of sp³-hybridized carbons (Fsp3) is 0.444. The Balaban J connectivity index is 2.21. The van der Waals surface area contributed by atoms with Crippen molar-refractivity contribution in [1.29, 1.82) is 0 Å². The Bertz CT molecular complexity index is 897. The van der Waals surface area contributed by atoms with Gasteiger partial charge in [-0.15, -0.1) is 0 Å². The van der Waals surface area contributed by atoms with Crippen molar-refractivity contribution in [3.8, 4) is 0 Å². The van der Waals surface area contributed by atoms with E-state index in [2.05, 4.69) is 10.5 Å². The molecule has 8 heteroatoms. The lowest BCUT2D eigenvalue weighted by Crippen LogP contribution is -2.35. The van der Waals surface area contributed by atoms with Crippen molar-refractivity contribution < 1.29 is 17.7 Å². The minimum atomic E-state index is -3.86. The molecule has 7 nitrogen and oxygen atoms in total. The van der Waals surface area contributed by atoms with Gasteiger partial charge in [0.25, 0.3) is 0 Å². The first-order valence-electron chi connectivity index (χ1n) is 8.34. The molecule has 0 radical (unpaired) electrons. The topological polar surface area (TPSA) is 92.5 Å². The Morgan fingerprint density at radius 1 is 1.27 bits per heavy atom. The van der Waals surface area contributed by atoms with E-state index < -0.39 is 15.9 Å². The second kappa shape index (κ2) is 7.59. The summed E-state index contributed by atoms with van der Waals surface area (Å²) in [6, 6.07) is 5.80. The molecular weight excluding hydrogens is 354 g/mol. The quantitative estimate of drug-likeness (QED) is 0.833. The summed E-state index contributed by atoms with van der Waals surface area (Å²) in [5.74, 6) is 0.0313. The molecule has 0 atom stereocenters. The molecule has 26 heavy (non-hydrogen) atoms. The van der Waals surface area contributed by atoms with Crippen LogP contribution in [0.3, 0.4) is 0 Å². The molecule has 1 amide bonds. The lowest BCUT2D eigenvalue weighted by atomic mass is 9.98. The van der Waals surface area contributed by atoms with Crippen molar-refractivity contribution in [3.05, 3.63) is 40.8 Å². The summed E-state index contributed by atoms with van der Waals surface area (Å²) in [6.45, 7) is 8.77. The first-order chi connectivity index (χ1) is 12.1. The third-order valence-electron chi connectivity index (χ3n) is 4.19. The number of amides is 1. The molecule has 0 saturated heterocycles. The first kappa shape index (κ1) is 20.1. The SMILES string of the molecule is Cc1cccc(C(C)C)c1NC(=O)CN(C)S(=O)(=O)c1c(C)noc1C. The molecule has 0 aliphatic heterocycles. The van der Waals surface area contributed by atoms with E-state index in [1.54, 1.807) is 6.92 Å². The summed E-state index contributed by atoms with van der Waals surface area (Å²) >= 11 is 0. The molecular formula is C18H25N3O4S. The summed E-state index contributed by atoms with van der Waals surface area (Å²) in [4.78, 5) is 12.5. The minimum Gasteiger partial charge on any atom is -0.360 e. The summed E-state index contributed by atoms with van der Waals surface area (Å²) in [6.07, 6.45) is 0. The number of benzene rings is 1. The molecule has 1 N–H and O–H groups in total. The van der Waals surface area contributed by atoms with Crippen LogP contribution >= 0.6 is 0 Å². The number of aryl methyl sites for hydroxylation is 3. The second-order valence-corrected chi connectivity index (χ2v) is 8.64. The first-order valence-corrected chi connectivity index (χ1v) is 9.78. The predicted octanol–water partition coefficient (Wildman–Crippen LogP) is 2.98. The van der Waals surface area contributed by atoms with Crippen molar-refractivity contribution in [2.75, 3.05) is 18.9 Å². The lowest BCUT2D eigenvalue weighted by molar-refractivity contribution is -0.116. The monoisotopic (exact) mass is 379 g/mol. The average Bonchev–Trinajstić information content (AvgIpc) is 2.88. The van der Waals surface area contributed by atoms with Gasteiger partial charge in [0.2, 0.25) is 15.9 Å². The number of likely N-dealkylation sites (N-methyl/N-ethyl adjacent to an activating group) is 1. The smallest absolute Gasteiger partial charge is 0.248 e. The molecule has 0 fully saturated rings. The number of nitrogens with one attached hydrogen (secondary N) is 1. The molecule has 1 aromatic carbocycles. The zero-order valence-electron chi connectivity index (χ0n) is 16.0. The van der Waals surface area contributed by atoms with Crippen LogP contribution < -0.4 is 5.32 Å². The summed E-state index contributed by atoms with van der Waals surface area (Å²) < 4.78 is 31.4.